The van der Waals surface area contributed by atoms with Gasteiger partial charge in [-0.15, -0.1) is 0 Å². The minimum atomic E-state index is -0.117. The van der Waals surface area contributed by atoms with Crippen molar-refractivity contribution >= 4 is 21.7 Å². The second-order valence-corrected chi connectivity index (χ2v) is 6.09. The van der Waals surface area contributed by atoms with E-state index in [0.29, 0.717) is 17.5 Å². The maximum atomic E-state index is 9.58. The minimum Gasteiger partial charge on any atom is -0.392 e. The van der Waals surface area contributed by atoms with Crippen LogP contribution in [0.4, 0.5) is 0 Å². The van der Waals surface area contributed by atoms with Crippen molar-refractivity contribution in [1.29, 1.82) is 0 Å². The van der Waals surface area contributed by atoms with Gasteiger partial charge in [0.1, 0.15) is 6.33 Å². The molecule has 4 nitrogen and oxygen atoms in total. The van der Waals surface area contributed by atoms with Gasteiger partial charge in [-0.05, 0) is 39.6 Å². The lowest BCUT2D eigenvalue weighted by Gasteiger charge is -2.11. The first kappa shape index (κ1) is 15.7. The number of aromatic nitrogens is 2. The van der Waals surface area contributed by atoms with Crippen LogP contribution in [0.15, 0.2) is 60.9 Å². The number of fused-ring (bicyclic) bond motifs is 2. The first-order valence-corrected chi connectivity index (χ1v) is 8.24. The number of rotatable bonds is 4. The minimum absolute atomic E-state index is 0.117. The number of nitrogens with zero attached hydrogens (tertiary/aromatic N) is 2. The van der Waals surface area contributed by atoms with Crippen LogP contribution in [0.3, 0.4) is 0 Å². The summed E-state index contributed by atoms with van der Waals surface area (Å²) in [5.41, 5.74) is 4.32. The van der Waals surface area contributed by atoms with Crippen molar-refractivity contribution in [3.8, 4) is 0 Å². The van der Waals surface area contributed by atoms with E-state index in [9.17, 15) is 10.2 Å². The summed E-state index contributed by atoms with van der Waals surface area (Å²) in [4.78, 5) is 8.81. The molecule has 4 rings (SSSR count). The Labute approximate surface area is 145 Å². The molecule has 0 atom stereocenters. The molecule has 0 radical (unpaired) electrons. The molecule has 0 spiro atoms. The first-order chi connectivity index (χ1) is 12.3. The van der Waals surface area contributed by atoms with Gasteiger partial charge in [0.2, 0.25) is 0 Å². The van der Waals surface area contributed by atoms with E-state index in [4.69, 9.17) is 0 Å². The summed E-state index contributed by atoms with van der Waals surface area (Å²) in [6.45, 7) is -0.233. The summed E-state index contributed by atoms with van der Waals surface area (Å²) in [5, 5.41) is 22.4. The average Bonchev–Trinajstić information content (AvgIpc) is 2.67. The molecule has 0 saturated carbocycles. The van der Waals surface area contributed by atoms with Gasteiger partial charge >= 0.3 is 0 Å². The third-order valence-electron chi connectivity index (χ3n) is 4.62. The summed E-state index contributed by atoms with van der Waals surface area (Å²) in [5.74, 6) is 0. The summed E-state index contributed by atoms with van der Waals surface area (Å²) >= 11 is 0. The molecule has 0 aliphatic carbocycles. The van der Waals surface area contributed by atoms with Gasteiger partial charge in [-0.2, -0.15) is 0 Å². The van der Waals surface area contributed by atoms with Gasteiger partial charge in [-0.25, -0.2) is 9.97 Å². The van der Waals surface area contributed by atoms with Crippen LogP contribution in [0, 0.1) is 0 Å². The molecule has 0 aliphatic rings. The second-order valence-electron chi connectivity index (χ2n) is 6.09. The molecule has 0 aliphatic heterocycles. The highest BCUT2D eigenvalue weighted by atomic mass is 16.3. The molecule has 1 heterocycles. The van der Waals surface area contributed by atoms with Gasteiger partial charge in [0.05, 0.1) is 24.4 Å². The van der Waals surface area contributed by atoms with E-state index >= 15 is 0 Å². The Morgan fingerprint density at radius 3 is 2.32 bits per heavy atom. The van der Waals surface area contributed by atoms with Gasteiger partial charge in [0, 0.05) is 11.8 Å². The molecule has 3 aromatic carbocycles. The van der Waals surface area contributed by atoms with Crippen molar-refractivity contribution in [3.63, 3.8) is 0 Å². The Bertz CT molecular complexity index is 1050. The molecular weight excluding hydrogens is 312 g/mol. The van der Waals surface area contributed by atoms with Crippen LogP contribution in [-0.4, -0.2) is 20.2 Å². The molecule has 1 aromatic heterocycles. The fraction of sp³-hybridized carbons (Fsp3) is 0.143. The van der Waals surface area contributed by atoms with Gasteiger partial charge in [-0.3, -0.25) is 0 Å². The lowest BCUT2D eigenvalue weighted by Crippen LogP contribution is -2.00. The smallest absolute Gasteiger partial charge is 0.116 e. The highest BCUT2D eigenvalue weighted by Crippen LogP contribution is 2.25. The molecule has 0 saturated heterocycles. The van der Waals surface area contributed by atoms with Crippen molar-refractivity contribution < 1.29 is 10.2 Å². The molecule has 124 valence electrons. The van der Waals surface area contributed by atoms with E-state index in [-0.39, 0.29) is 13.2 Å². The van der Waals surface area contributed by atoms with Crippen LogP contribution >= 0.6 is 0 Å². The number of hydrogen-bond donors (Lipinski definition) is 2. The lowest BCUT2D eigenvalue weighted by molar-refractivity contribution is 0.260. The summed E-state index contributed by atoms with van der Waals surface area (Å²) in [7, 11) is 0. The molecule has 0 unspecified atom stereocenters. The zero-order valence-corrected chi connectivity index (χ0v) is 13.7. The molecule has 4 heteroatoms. The summed E-state index contributed by atoms with van der Waals surface area (Å²) < 4.78 is 0. The Morgan fingerprint density at radius 2 is 1.48 bits per heavy atom. The van der Waals surface area contributed by atoms with Gasteiger partial charge in [-0.1, -0.05) is 42.5 Å². The maximum Gasteiger partial charge on any atom is 0.116 e. The highest BCUT2D eigenvalue weighted by Gasteiger charge is 2.11. The van der Waals surface area contributed by atoms with Crippen molar-refractivity contribution in [1.82, 2.24) is 9.97 Å². The first-order valence-electron chi connectivity index (χ1n) is 8.24. The van der Waals surface area contributed by atoms with Crippen LogP contribution in [0.2, 0.25) is 0 Å². The average molecular weight is 330 g/mol. The van der Waals surface area contributed by atoms with Crippen molar-refractivity contribution in [2.75, 3.05) is 0 Å². The largest absolute Gasteiger partial charge is 0.392 e. The van der Waals surface area contributed by atoms with Gasteiger partial charge in [0.25, 0.3) is 0 Å². The van der Waals surface area contributed by atoms with Crippen molar-refractivity contribution in [2.24, 2.45) is 0 Å². The van der Waals surface area contributed by atoms with E-state index in [1.54, 1.807) is 6.33 Å². The van der Waals surface area contributed by atoms with Crippen LogP contribution in [-0.2, 0) is 19.6 Å². The van der Waals surface area contributed by atoms with E-state index in [1.807, 2.05) is 24.3 Å². The normalized spacial score (nSPS) is 11.3. The molecule has 0 amide bonds. The molecular formula is C21H18N2O2. The fourth-order valence-electron chi connectivity index (χ4n) is 3.31. The molecule has 0 fully saturated rings. The van der Waals surface area contributed by atoms with E-state index in [2.05, 4.69) is 40.3 Å². The quantitative estimate of drug-likeness (QED) is 0.602. The standard InChI is InChI=1S/C21H18N2O2/c24-11-16-8-19-20(22-13-23-21(19)10-17(16)12-25)9-15-6-3-5-14-4-1-2-7-18(14)15/h1-8,10,13,24-25H,9,11-12H2. The van der Waals surface area contributed by atoms with Crippen LogP contribution in [0.5, 0.6) is 0 Å². The number of hydrogen-bond acceptors (Lipinski definition) is 4. The maximum absolute atomic E-state index is 9.58. The zero-order chi connectivity index (χ0) is 17.2. The molecule has 4 aromatic rings. The van der Waals surface area contributed by atoms with E-state index < -0.39 is 0 Å². The van der Waals surface area contributed by atoms with Crippen LogP contribution < -0.4 is 0 Å². The number of aliphatic hydroxyl groups excluding tert-OH is 2. The van der Waals surface area contributed by atoms with Crippen molar-refractivity contribution in [2.45, 2.75) is 19.6 Å². The zero-order valence-electron chi connectivity index (χ0n) is 13.7. The fourth-order valence-corrected chi connectivity index (χ4v) is 3.31. The Kier molecular flexibility index (Phi) is 4.14. The predicted molar refractivity (Wildman–Crippen MR) is 98.1 cm³/mol. The molecule has 25 heavy (non-hydrogen) atoms. The third-order valence-corrected chi connectivity index (χ3v) is 4.62. The Morgan fingerprint density at radius 1 is 0.720 bits per heavy atom. The monoisotopic (exact) mass is 330 g/mol. The highest BCUT2D eigenvalue weighted by molar-refractivity contribution is 5.87. The lowest BCUT2D eigenvalue weighted by atomic mass is 9.97. The summed E-state index contributed by atoms with van der Waals surface area (Å²) in [6, 6.07) is 18.3. The second kappa shape index (κ2) is 6.59. The van der Waals surface area contributed by atoms with Crippen LogP contribution in [0.25, 0.3) is 21.7 Å². The van der Waals surface area contributed by atoms with E-state index in [1.165, 1.54) is 16.3 Å². The Hall–Kier alpha value is -2.82. The van der Waals surface area contributed by atoms with Crippen LogP contribution in [0.1, 0.15) is 22.4 Å². The topological polar surface area (TPSA) is 66.2 Å². The van der Waals surface area contributed by atoms with Gasteiger partial charge in [0.15, 0.2) is 0 Å². The molecule has 0 bridgehead atoms. The SMILES string of the molecule is OCc1cc2ncnc(Cc3cccc4ccccc34)c2cc1CO. The third kappa shape index (κ3) is 2.86. The Balaban J connectivity index is 1.86. The van der Waals surface area contributed by atoms with E-state index in [0.717, 1.165) is 16.6 Å². The van der Waals surface area contributed by atoms with Crippen molar-refractivity contribution in [3.05, 3.63) is 83.3 Å². The predicted octanol–water partition coefficient (Wildman–Crippen LogP) is 3.36. The van der Waals surface area contributed by atoms with Gasteiger partial charge < -0.3 is 10.2 Å². The number of benzene rings is 3. The number of aliphatic hydroxyl groups is 2. The molecule has 2 N–H and O–H groups in total. The summed E-state index contributed by atoms with van der Waals surface area (Å²) in [6.07, 6.45) is 2.24.